The van der Waals surface area contributed by atoms with Gasteiger partial charge in [-0.3, -0.25) is 14.9 Å². The van der Waals surface area contributed by atoms with Crippen LogP contribution in [0.1, 0.15) is 29.1 Å². The van der Waals surface area contributed by atoms with E-state index < -0.39 is 30.5 Å². The van der Waals surface area contributed by atoms with Gasteiger partial charge >= 0.3 is 12.6 Å². The molecule has 3 fully saturated rings. The van der Waals surface area contributed by atoms with Gasteiger partial charge in [-0.25, -0.2) is 9.78 Å². The molecule has 1 aliphatic carbocycles. The van der Waals surface area contributed by atoms with Gasteiger partial charge in [0.1, 0.15) is 6.04 Å². The number of halogens is 2. The third-order valence-corrected chi connectivity index (χ3v) is 6.12. The Hall–Kier alpha value is -3.74. The van der Waals surface area contributed by atoms with Gasteiger partial charge in [0.05, 0.1) is 19.7 Å². The molecule has 0 bridgehead atoms. The van der Waals surface area contributed by atoms with Crippen molar-refractivity contribution in [1.29, 1.82) is 0 Å². The van der Waals surface area contributed by atoms with E-state index in [4.69, 9.17) is 14.9 Å². The van der Waals surface area contributed by atoms with Gasteiger partial charge in [0.15, 0.2) is 23.0 Å². The van der Waals surface area contributed by atoms with Gasteiger partial charge in [0.25, 0.3) is 11.8 Å². The van der Waals surface area contributed by atoms with E-state index in [0.29, 0.717) is 18.1 Å². The number of aromatic nitrogens is 1. The molecule has 1 aromatic heterocycles. The predicted octanol–water partition coefficient (Wildman–Crippen LogP) is 1.57. The maximum Gasteiger partial charge on any atom is 0.387 e. The molecule has 2 aromatic rings. The smallest absolute Gasteiger partial charge is 0.387 e. The lowest BCUT2D eigenvalue weighted by Gasteiger charge is -2.35. The topological polar surface area (TPSA) is 140 Å². The zero-order chi connectivity index (χ0) is 24.7. The van der Waals surface area contributed by atoms with E-state index in [0.717, 1.165) is 12.8 Å². The molecule has 3 aliphatic rings. The zero-order valence-corrected chi connectivity index (χ0v) is 18.5. The summed E-state index contributed by atoms with van der Waals surface area (Å²) in [6.07, 6.45) is 2.03. The molecule has 1 aromatic carbocycles. The maximum atomic E-state index is 13.2. The minimum atomic E-state index is -3.02. The first-order valence-electron chi connectivity index (χ1n) is 11.2. The number of imide groups is 1. The van der Waals surface area contributed by atoms with Crippen molar-refractivity contribution in [3.63, 3.8) is 0 Å². The first kappa shape index (κ1) is 23.0. The highest BCUT2D eigenvalue weighted by Gasteiger charge is 2.43. The molecule has 3 heterocycles. The molecule has 1 saturated carbocycles. The van der Waals surface area contributed by atoms with Crippen molar-refractivity contribution in [2.75, 3.05) is 26.2 Å². The third-order valence-electron chi connectivity index (χ3n) is 6.12. The number of carbonyl (C=O) groups is 3. The number of carbonyl (C=O) groups excluding carboxylic acids is 3. The van der Waals surface area contributed by atoms with Crippen LogP contribution in [0, 0.1) is 5.92 Å². The molecule has 1 atom stereocenters. The lowest BCUT2D eigenvalue weighted by atomic mass is 10.1. The summed E-state index contributed by atoms with van der Waals surface area (Å²) in [5, 5.41) is 2.24. The Morgan fingerprint density at radius 1 is 1.26 bits per heavy atom. The second-order valence-corrected chi connectivity index (χ2v) is 8.54. The van der Waals surface area contributed by atoms with E-state index in [2.05, 4.69) is 15.0 Å². The van der Waals surface area contributed by atoms with Gasteiger partial charge in [-0.2, -0.15) is 8.78 Å². The maximum absolute atomic E-state index is 13.2. The average Bonchev–Trinajstić information content (AvgIpc) is 3.50. The third kappa shape index (κ3) is 4.63. The Morgan fingerprint density at radius 3 is 2.77 bits per heavy atom. The summed E-state index contributed by atoms with van der Waals surface area (Å²) >= 11 is 0. The highest BCUT2D eigenvalue weighted by molar-refractivity contribution is 6.05. The Kier molecular flexibility index (Phi) is 6.01. The van der Waals surface area contributed by atoms with Crippen LogP contribution in [0.2, 0.25) is 0 Å². The van der Waals surface area contributed by atoms with Crippen molar-refractivity contribution >= 4 is 17.8 Å². The molecule has 2 aliphatic heterocycles. The van der Waals surface area contributed by atoms with E-state index in [1.807, 2.05) is 0 Å². The Morgan fingerprint density at radius 2 is 2.06 bits per heavy atom. The number of nitrogens with one attached hydrogen (secondary N) is 1. The van der Waals surface area contributed by atoms with Crippen LogP contribution in [-0.4, -0.2) is 71.5 Å². The van der Waals surface area contributed by atoms with Crippen LogP contribution in [0.15, 0.2) is 22.6 Å². The van der Waals surface area contributed by atoms with Crippen LogP contribution >= 0.6 is 0 Å². The zero-order valence-electron chi connectivity index (χ0n) is 18.5. The van der Waals surface area contributed by atoms with Crippen LogP contribution in [0.25, 0.3) is 11.5 Å². The van der Waals surface area contributed by atoms with Crippen LogP contribution in [0.3, 0.4) is 0 Å². The van der Waals surface area contributed by atoms with Crippen LogP contribution in [0.5, 0.6) is 11.5 Å². The summed E-state index contributed by atoms with van der Waals surface area (Å²) in [7, 11) is 0. The molecule has 2 saturated heterocycles. The summed E-state index contributed by atoms with van der Waals surface area (Å²) in [4.78, 5) is 44.2. The van der Waals surface area contributed by atoms with Crippen molar-refractivity contribution in [1.82, 2.24) is 20.1 Å². The Bertz CT molecular complexity index is 1170. The lowest BCUT2D eigenvalue weighted by molar-refractivity contribution is -0.122. The molecule has 4 amide bonds. The van der Waals surface area contributed by atoms with Gasteiger partial charge in [0.2, 0.25) is 5.89 Å². The van der Waals surface area contributed by atoms with Gasteiger partial charge in [-0.05, 0) is 37.0 Å². The molecule has 5 rings (SSSR count). The van der Waals surface area contributed by atoms with E-state index >= 15 is 0 Å². The van der Waals surface area contributed by atoms with Crippen LogP contribution in [0.4, 0.5) is 13.6 Å². The fourth-order valence-electron chi connectivity index (χ4n) is 4.07. The van der Waals surface area contributed by atoms with Crippen LogP contribution in [-0.2, 0) is 11.3 Å². The summed E-state index contributed by atoms with van der Waals surface area (Å²) in [5.41, 5.74) is 6.15. The highest BCUT2D eigenvalue weighted by Crippen LogP contribution is 2.37. The standard InChI is InChI=1S/C22H23F2N5O6/c23-21(24)35-14-4-3-12(7-15(14)33-10-11-1-2-11)19-26-17(16(8-25)34-19)20(31)28-5-6-29-13(9-28)18(30)27-22(29)32/h3-4,7,11,13,21H,1-2,5-6,8-10,25H2,(H,27,30,32). The van der Waals surface area contributed by atoms with E-state index in [-0.39, 0.29) is 55.0 Å². The number of urea groups is 1. The molecule has 186 valence electrons. The van der Waals surface area contributed by atoms with Crippen molar-refractivity contribution in [2.45, 2.75) is 32.0 Å². The summed E-state index contributed by atoms with van der Waals surface area (Å²) in [6.45, 7) is -2.34. The number of benzene rings is 1. The monoisotopic (exact) mass is 491 g/mol. The molecule has 0 radical (unpaired) electrons. The van der Waals surface area contributed by atoms with Gasteiger partial charge < -0.3 is 29.4 Å². The molecular weight excluding hydrogens is 468 g/mol. The fraction of sp³-hybridized carbons (Fsp3) is 0.455. The largest absolute Gasteiger partial charge is 0.489 e. The number of alkyl halides is 2. The number of ether oxygens (including phenoxy) is 2. The first-order valence-corrected chi connectivity index (χ1v) is 11.2. The minimum absolute atomic E-state index is 0.0153. The first-order chi connectivity index (χ1) is 16.8. The number of fused-ring (bicyclic) bond motifs is 1. The quantitative estimate of drug-likeness (QED) is 0.531. The molecular formula is C22H23F2N5O6. The molecule has 35 heavy (non-hydrogen) atoms. The normalized spacial score (nSPS) is 19.7. The second-order valence-electron chi connectivity index (χ2n) is 8.54. The van der Waals surface area contributed by atoms with Crippen molar-refractivity contribution in [3.05, 3.63) is 29.7 Å². The number of piperazine rings is 1. The van der Waals surface area contributed by atoms with Crippen molar-refractivity contribution in [3.8, 4) is 23.0 Å². The fourth-order valence-corrected chi connectivity index (χ4v) is 4.07. The summed E-state index contributed by atoms with van der Waals surface area (Å²) in [5.74, 6) is -0.386. The average molecular weight is 491 g/mol. The molecule has 11 nitrogen and oxygen atoms in total. The molecule has 0 spiro atoms. The number of oxazole rings is 1. The van der Waals surface area contributed by atoms with Crippen molar-refractivity contribution in [2.24, 2.45) is 11.7 Å². The van der Waals surface area contributed by atoms with Gasteiger partial charge in [-0.1, -0.05) is 0 Å². The summed E-state index contributed by atoms with van der Waals surface area (Å²) in [6, 6.07) is 3.02. The van der Waals surface area contributed by atoms with Crippen LogP contribution < -0.4 is 20.5 Å². The van der Waals surface area contributed by atoms with E-state index in [9.17, 15) is 23.2 Å². The predicted molar refractivity (Wildman–Crippen MR) is 115 cm³/mol. The number of hydrogen-bond donors (Lipinski definition) is 2. The number of nitrogens with two attached hydrogens (primary N) is 1. The molecule has 13 heteroatoms. The van der Waals surface area contributed by atoms with E-state index in [1.54, 1.807) is 0 Å². The minimum Gasteiger partial charge on any atom is -0.489 e. The van der Waals surface area contributed by atoms with Crippen molar-refractivity contribution < 1.29 is 37.1 Å². The number of hydrogen-bond acceptors (Lipinski definition) is 8. The number of amides is 4. The molecule has 1 unspecified atom stereocenters. The second kappa shape index (κ2) is 9.13. The van der Waals surface area contributed by atoms with Gasteiger partial charge in [-0.15, -0.1) is 0 Å². The Labute approximate surface area is 198 Å². The summed E-state index contributed by atoms with van der Waals surface area (Å²) < 4.78 is 41.6. The van der Waals surface area contributed by atoms with E-state index in [1.165, 1.54) is 28.0 Å². The highest BCUT2D eigenvalue weighted by atomic mass is 19.3. The number of nitrogens with zero attached hydrogens (tertiary/aromatic N) is 3. The lowest BCUT2D eigenvalue weighted by Crippen LogP contribution is -2.54. The SMILES string of the molecule is NCc1oc(-c2ccc(OC(F)F)c(OCC3CC3)c2)nc1C(=O)N1CCN2C(=O)NC(=O)C2C1. The van der Waals surface area contributed by atoms with Gasteiger partial charge in [0, 0.05) is 18.7 Å². The molecule has 3 N–H and O–H groups in total. The number of rotatable bonds is 8. The Balaban J connectivity index is 1.39.